The fraction of sp³-hybridized carbons (Fsp3) is 0.240. The van der Waals surface area contributed by atoms with Gasteiger partial charge in [0.2, 0.25) is 5.91 Å². The first-order valence-electron chi connectivity index (χ1n) is 10.6. The third-order valence-corrected chi connectivity index (χ3v) is 5.38. The maximum absolute atomic E-state index is 13.3. The molecule has 32 heavy (non-hydrogen) atoms. The van der Waals surface area contributed by atoms with Gasteiger partial charge in [0.25, 0.3) is 11.8 Å². The number of furan rings is 1. The maximum atomic E-state index is 13.3. The highest BCUT2D eigenvalue weighted by atomic mass is 16.5. The number of rotatable bonds is 8. The zero-order chi connectivity index (χ0) is 22.5. The van der Waals surface area contributed by atoms with Gasteiger partial charge in [-0.15, -0.1) is 0 Å². The summed E-state index contributed by atoms with van der Waals surface area (Å²) in [4.78, 5) is 41.9. The predicted molar refractivity (Wildman–Crippen MR) is 118 cm³/mol. The number of ether oxygens (including phenoxy) is 1. The highest BCUT2D eigenvalue weighted by Crippen LogP contribution is 2.28. The molecule has 1 saturated heterocycles. The average Bonchev–Trinajstić information content (AvgIpc) is 3.44. The summed E-state index contributed by atoms with van der Waals surface area (Å²) in [5.41, 5.74) is 1.49. The van der Waals surface area contributed by atoms with E-state index in [1.807, 2.05) is 37.3 Å². The van der Waals surface area contributed by atoms with E-state index in [0.717, 1.165) is 10.5 Å². The van der Waals surface area contributed by atoms with Crippen LogP contribution in [0.2, 0.25) is 0 Å². The van der Waals surface area contributed by atoms with Crippen LogP contribution in [-0.2, 0) is 16.0 Å². The van der Waals surface area contributed by atoms with Gasteiger partial charge in [-0.25, -0.2) is 4.90 Å². The zero-order valence-corrected chi connectivity index (χ0v) is 17.8. The van der Waals surface area contributed by atoms with E-state index in [1.54, 1.807) is 36.4 Å². The SMILES string of the molecule is CCOc1ccc(N2C(=O)CC(N(CCc3ccccc3)C(=O)c3ccco3)C2=O)cc1. The Morgan fingerprint density at radius 1 is 1.06 bits per heavy atom. The molecule has 0 radical (unpaired) electrons. The minimum Gasteiger partial charge on any atom is -0.494 e. The Morgan fingerprint density at radius 2 is 1.81 bits per heavy atom. The molecule has 1 fully saturated rings. The van der Waals surface area contributed by atoms with Crippen LogP contribution in [0.25, 0.3) is 0 Å². The zero-order valence-electron chi connectivity index (χ0n) is 17.8. The molecule has 1 aromatic heterocycles. The summed E-state index contributed by atoms with van der Waals surface area (Å²) in [6, 6.07) is 18.8. The summed E-state index contributed by atoms with van der Waals surface area (Å²) in [6.07, 6.45) is 1.89. The van der Waals surface area contributed by atoms with Gasteiger partial charge in [0.05, 0.1) is 25.0 Å². The number of anilines is 1. The third-order valence-electron chi connectivity index (χ3n) is 5.38. The lowest BCUT2D eigenvalue weighted by Crippen LogP contribution is -2.46. The molecule has 3 amide bonds. The van der Waals surface area contributed by atoms with E-state index in [-0.39, 0.29) is 24.6 Å². The molecular formula is C25H24N2O5. The largest absolute Gasteiger partial charge is 0.494 e. The first kappa shape index (κ1) is 21.4. The number of amides is 3. The molecule has 1 aliphatic heterocycles. The van der Waals surface area contributed by atoms with Gasteiger partial charge in [-0.1, -0.05) is 30.3 Å². The first-order valence-corrected chi connectivity index (χ1v) is 10.6. The number of carbonyl (C=O) groups is 3. The van der Waals surface area contributed by atoms with E-state index >= 15 is 0 Å². The normalized spacial score (nSPS) is 15.8. The van der Waals surface area contributed by atoms with Crippen molar-refractivity contribution in [1.82, 2.24) is 4.90 Å². The number of hydrogen-bond acceptors (Lipinski definition) is 5. The van der Waals surface area contributed by atoms with E-state index < -0.39 is 17.9 Å². The smallest absolute Gasteiger partial charge is 0.290 e. The van der Waals surface area contributed by atoms with E-state index in [4.69, 9.17) is 9.15 Å². The van der Waals surface area contributed by atoms with Gasteiger partial charge in [0.1, 0.15) is 11.8 Å². The van der Waals surface area contributed by atoms with Gasteiger partial charge < -0.3 is 14.1 Å². The van der Waals surface area contributed by atoms with Crippen molar-refractivity contribution in [2.45, 2.75) is 25.8 Å². The molecule has 2 heterocycles. The molecule has 7 heteroatoms. The standard InChI is InChI=1S/C25H24N2O5/c1-2-31-20-12-10-19(11-13-20)27-23(28)17-21(24(27)29)26(25(30)22-9-6-16-32-22)15-14-18-7-4-3-5-8-18/h3-13,16,21H,2,14-15,17H2,1H3. The Hall–Kier alpha value is -3.87. The van der Waals surface area contributed by atoms with Crippen LogP contribution in [0.4, 0.5) is 5.69 Å². The summed E-state index contributed by atoms with van der Waals surface area (Å²) in [5, 5.41) is 0. The summed E-state index contributed by atoms with van der Waals surface area (Å²) >= 11 is 0. The van der Waals surface area contributed by atoms with Crippen molar-refractivity contribution in [3.05, 3.63) is 84.3 Å². The maximum Gasteiger partial charge on any atom is 0.290 e. The van der Waals surface area contributed by atoms with Gasteiger partial charge in [0, 0.05) is 6.54 Å². The molecule has 0 spiro atoms. The molecule has 1 aliphatic rings. The number of hydrogen-bond donors (Lipinski definition) is 0. The van der Waals surface area contributed by atoms with Crippen LogP contribution in [0, 0.1) is 0 Å². The van der Waals surface area contributed by atoms with E-state index in [1.165, 1.54) is 11.2 Å². The van der Waals surface area contributed by atoms with Crippen molar-refractivity contribution in [3.8, 4) is 5.75 Å². The molecular weight excluding hydrogens is 408 g/mol. The van der Waals surface area contributed by atoms with Crippen molar-refractivity contribution < 1.29 is 23.5 Å². The van der Waals surface area contributed by atoms with Crippen LogP contribution in [0.5, 0.6) is 5.75 Å². The van der Waals surface area contributed by atoms with Gasteiger partial charge in [-0.2, -0.15) is 0 Å². The average molecular weight is 432 g/mol. The lowest BCUT2D eigenvalue weighted by atomic mass is 10.1. The Labute approximate surface area is 186 Å². The quantitative estimate of drug-likeness (QED) is 0.507. The van der Waals surface area contributed by atoms with Crippen LogP contribution in [0.3, 0.4) is 0 Å². The molecule has 0 bridgehead atoms. The summed E-state index contributed by atoms with van der Waals surface area (Å²) < 4.78 is 10.7. The Kier molecular flexibility index (Phi) is 6.35. The molecule has 2 aromatic carbocycles. The fourth-order valence-electron chi connectivity index (χ4n) is 3.82. The molecule has 3 aromatic rings. The predicted octanol–water partition coefficient (Wildman–Crippen LogP) is 3.70. The highest BCUT2D eigenvalue weighted by molar-refractivity contribution is 6.23. The van der Waals surface area contributed by atoms with E-state index in [9.17, 15) is 14.4 Å². The highest BCUT2D eigenvalue weighted by Gasteiger charge is 2.44. The van der Waals surface area contributed by atoms with Crippen LogP contribution in [0.1, 0.15) is 29.5 Å². The van der Waals surface area contributed by atoms with Crippen molar-refractivity contribution in [1.29, 1.82) is 0 Å². The summed E-state index contributed by atoms with van der Waals surface area (Å²) in [5.74, 6) is -0.388. The molecule has 164 valence electrons. The molecule has 4 rings (SSSR count). The summed E-state index contributed by atoms with van der Waals surface area (Å²) in [7, 11) is 0. The second-order valence-electron chi connectivity index (χ2n) is 7.43. The second kappa shape index (κ2) is 9.51. The van der Waals surface area contributed by atoms with E-state index in [2.05, 4.69) is 0 Å². The van der Waals surface area contributed by atoms with E-state index in [0.29, 0.717) is 24.5 Å². The Morgan fingerprint density at radius 3 is 2.47 bits per heavy atom. The lowest BCUT2D eigenvalue weighted by molar-refractivity contribution is -0.122. The Balaban J connectivity index is 1.58. The topological polar surface area (TPSA) is 80.1 Å². The molecule has 0 N–H and O–H groups in total. The van der Waals surface area contributed by atoms with Crippen LogP contribution < -0.4 is 9.64 Å². The van der Waals surface area contributed by atoms with Crippen LogP contribution in [-0.4, -0.2) is 41.8 Å². The van der Waals surface area contributed by atoms with Gasteiger partial charge in [-0.05, 0) is 55.3 Å². The number of carbonyl (C=O) groups excluding carboxylic acids is 3. The third kappa shape index (κ3) is 4.42. The minimum absolute atomic E-state index is 0.0761. The summed E-state index contributed by atoms with van der Waals surface area (Å²) in [6.45, 7) is 2.69. The lowest BCUT2D eigenvalue weighted by Gasteiger charge is -2.27. The molecule has 0 saturated carbocycles. The monoisotopic (exact) mass is 432 g/mol. The molecule has 0 aliphatic carbocycles. The number of benzene rings is 2. The van der Waals surface area contributed by atoms with Crippen LogP contribution >= 0.6 is 0 Å². The second-order valence-corrected chi connectivity index (χ2v) is 7.43. The van der Waals surface area contributed by atoms with Crippen molar-refractivity contribution in [2.75, 3.05) is 18.1 Å². The molecule has 1 atom stereocenters. The Bertz CT molecular complexity index is 1080. The van der Waals surface area contributed by atoms with Crippen molar-refractivity contribution >= 4 is 23.4 Å². The van der Waals surface area contributed by atoms with Gasteiger partial charge >= 0.3 is 0 Å². The van der Waals surface area contributed by atoms with Crippen molar-refractivity contribution in [3.63, 3.8) is 0 Å². The van der Waals surface area contributed by atoms with Gasteiger partial charge in [-0.3, -0.25) is 14.4 Å². The minimum atomic E-state index is -0.893. The molecule has 7 nitrogen and oxygen atoms in total. The number of imide groups is 1. The van der Waals surface area contributed by atoms with Crippen LogP contribution in [0.15, 0.2) is 77.4 Å². The van der Waals surface area contributed by atoms with Crippen molar-refractivity contribution in [2.24, 2.45) is 0 Å². The fourth-order valence-corrected chi connectivity index (χ4v) is 3.82. The molecule has 1 unspecified atom stereocenters. The number of nitrogens with zero attached hydrogens (tertiary/aromatic N) is 2. The van der Waals surface area contributed by atoms with Gasteiger partial charge in [0.15, 0.2) is 5.76 Å². The first-order chi connectivity index (χ1) is 15.6.